The predicted octanol–water partition coefficient (Wildman–Crippen LogP) is 4.98. The van der Waals surface area contributed by atoms with E-state index in [9.17, 15) is 14.4 Å². The number of hydrogen-bond donors (Lipinski definition) is 0. The van der Waals surface area contributed by atoms with E-state index in [1.165, 1.54) is 11.1 Å². The molecule has 218 valence electrons. The van der Waals surface area contributed by atoms with Crippen molar-refractivity contribution in [2.24, 2.45) is 5.92 Å². The lowest BCUT2D eigenvalue weighted by atomic mass is 9.51. The largest absolute Gasteiger partial charge is 0.493 e. The fourth-order valence-electron chi connectivity index (χ4n) is 8.62. The number of carbonyl (C=O) groups excluding carboxylic acids is 3. The van der Waals surface area contributed by atoms with Gasteiger partial charge in [0.05, 0.1) is 19.7 Å². The van der Waals surface area contributed by atoms with E-state index >= 15 is 0 Å². The molecule has 2 heterocycles. The van der Waals surface area contributed by atoms with Crippen molar-refractivity contribution in [2.75, 3.05) is 26.7 Å². The third-order valence-electron chi connectivity index (χ3n) is 10.2. The minimum Gasteiger partial charge on any atom is -0.493 e. The summed E-state index contributed by atoms with van der Waals surface area (Å²) in [5.74, 6) is 2.51. The van der Waals surface area contributed by atoms with Crippen molar-refractivity contribution < 1.29 is 23.9 Å². The summed E-state index contributed by atoms with van der Waals surface area (Å²) >= 11 is 0. The molecule has 1 spiro atoms. The van der Waals surface area contributed by atoms with E-state index in [1.54, 1.807) is 14.0 Å². The maximum Gasteiger partial charge on any atom is 0.222 e. The third kappa shape index (κ3) is 4.66. The van der Waals surface area contributed by atoms with Gasteiger partial charge in [-0.3, -0.25) is 19.3 Å². The average molecular weight is 559 g/mol. The number of unbranched alkanes of at least 4 members (excludes halogenated alkanes) is 1. The van der Waals surface area contributed by atoms with Crippen LogP contribution >= 0.6 is 0 Å². The van der Waals surface area contributed by atoms with E-state index in [0.29, 0.717) is 50.7 Å². The van der Waals surface area contributed by atoms with Gasteiger partial charge in [0.25, 0.3) is 0 Å². The van der Waals surface area contributed by atoms with Crippen LogP contribution in [-0.2, 0) is 21.4 Å². The van der Waals surface area contributed by atoms with Crippen LogP contribution in [0.3, 0.4) is 0 Å². The minimum absolute atomic E-state index is 0.0160. The van der Waals surface area contributed by atoms with Gasteiger partial charge in [-0.2, -0.15) is 0 Å². The Kier molecular flexibility index (Phi) is 7.66. The Morgan fingerprint density at radius 3 is 2.59 bits per heavy atom. The van der Waals surface area contributed by atoms with Crippen LogP contribution in [0.2, 0.25) is 0 Å². The van der Waals surface area contributed by atoms with Crippen molar-refractivity contribution in [1.29, 1.82) is 0 Å². The molecule has 6 rings (SSSR count). The van der Waals surface area contributed by atoms with E-state index in [4.69, 9.17) is 9.47 Å². The van der Waals surface area contributed by atoms with Gasteiger partial charge in [-0.05, 0) is 76.5 Å². The van der Waals surface area contributed by atoms with Crippen LogP contribution in [0.25, 0.3) is 0 Å². The van der Waals surface area contributed by atoms with E-state index in [2.05, 4.69) is 22.8 Å². The number of methoxy groups -OCH3 is 1. The molecule has 1 saturated carbocycles. The molecule has 2 fully saturated rings. The summed E-state index contributed by atoms with van der Waals surface area (Å²) in [4.78, 5) is 42.8. The number of likely N-dealkylation sites (N-methyl/N-ethyl adjacent to an activating group) is 1. The maximum atomic E-state index is 13.7. The number of benzene rings is 2. The number of ether oxygens (including phenoxy) is 2. The number of Topliss-reactive ketones (excluding diaryl/α,β-unsaturated/α-hetero) is 2. The van der Waals surface area contributed by atoms with E-state index in [-0.39, 0.29) is 35.0 Å². The first-order chi connectivity index (χ1) is 19.9. The molecule has 0 aromatic heterocycles. The maximum absolute atomic E-state index is 13.7. The summed E-state index contributed by atoms with van der Waals surface area (Å²) in [6.07, 6.45) is 5.90. The number of piperidine rings is 1. The molecule has 1 saturated heterocycles. The number of hydrogen-bond acceptors (Lipinski definition) is 6. The molecule has 41 heavy (non-hydrogen) atoms. The van der Waals surface area contributed by atoms with Crippen LogP contribution in [0.5, 0.6) is 11.5 Å². The highest BCUT2D eigenvalue weighted by atomic mass is 16.5. The summed E-state index contributed by atoms with van der Waals surface area (Å²) in [7, 11) is 1.70. The summed E-state index contributed by atoms with van der Waals surface area (Å²) < 4.78 is 12.7. The van der Waals surface area contributed by atoms with Crippen molar-refractivity contribution in [3.63, 3.8) is 0 Å². The molecule has 5 atom stereocenters. The Labute approximate surface area is 243 Å². The first kappa shape index (κ1) is 28.0. The van der Waals surface area contributed by atoms with E-state index in [1.807, 2.05) is 36.4 Å². The van der Waals surface area contributed by atoms with Crippen molar-refractivity contribution in [2.45, 2.75) is 88.8 Å². The quantitative estimate of drug-likeness (QED) is 0.286. The van der Waals surface area contributed by atoms with Gasteiger partial charge in [0, 0.05) is 42.0 Å². The summed E-state index contributed by atoms with van der Waals surface area (Å²) in [6, 6.07) is 13.9. The molecular formula is C34H42N2O5. The number of nitrogens with zero attached hydrogens (tertiary/aromatic N) is 2. The van der Waals surface area contributed by atoms with Gasteiger partial charge < -0.3 is 14.4 Å². The molecule has 2 aliphatic heterocycles. The van der Waals surface area contributed by atoms with Crippen LogP contribution < -0.4 is 9.47 Å². The highest BCUT2D eigenvalue weighted by Gasteiger charge is 2.66. The Bertz CT molecular complexity index is 1330. The van der Waals surface area contributed by atoms with Crippen molar-refractivity contribution in [3.05, 3.63) is 59.2 Å². The number of ketones is 2. The van der Waals surface area contributed by atoms with Crippen LogP contribution in [0.4, 0.5) is 0 Å². The van der Waals surface area contributed by atoms with Crippen molar-refractivity contribution >= 4 is 17.5 Å². The first-order valence-corrected chi connectivity index (χ1v) is 15.4. The van der Waals surface area contributed by atoms with Gasteiger partial charge >= 0.3 is 0 Å². The SMILES string of the molecule is CCN(C(=O)CCCCC(=O)c1ccccc1)[C@@H]1CC[C@H]2[C@H]3Cc4ccc(OC)c5c4[C@@]2(CCN3CC(C)=O)[C@H]1O5. The molecule has 2 aromatic rings. The lowest BCUT2D eigenvalue weighted by Crippen LogP contribution is -2.69. The second-order valence-electron chi connectivity index (χ2n) is 12.3. The highest BCUT2D eigenvalue weighted by Crippen LogP contribution is 2.64. The Morgan fingerprint density at radius 2 is 1.85 bits per heavy atom. The summed E-state index contributed by atoms with van der Waals surface area (Å²) in [5.41, 5.74) is 3.17. The predicted molar refractivity (Wildman–Crippen MR) is 157 cm³/mol. The smallest absolute Gasteiger partial charge is 0.222 e. The van der Waals surface area contributed by atoms with Crippen LogP contribution in [0.15, 0.2) is 42.5 Å². The molecule has 2 aromatic carbocycles. The fourth-order valence-corrected chi connectivity index (χ4v) is 8.62. The van der Waals surface area contributed by atoms with Gasteiger partial charge in [0.15, 0.2) is 17.3 Å². The lowest BCUT2D eigenvalue weighted by molar-refractivity contribution is -0.143. The lowest BCUT2D eigenvalue weighted by Gasteiger charge is -2.60. The van der Waals surface area contributed by atoms with Crippen LogP contribution in [0, 0.1) is 5.92 Å². The van der Waals surface area contributed by atoms with Crippen LogP contribution in [0.1, 0.15) is 80.3 Å². The summed E-state index contributed by atoms with van der Waals surface area (Å²) in [5, 5.41) is 0. The zero-order chi connectivity index (χ0) is 28.7. The highest BCUT2D eigenvalue weighted by molar-refractivity contribution is 5.96. The Morgan fingerprint density at radius 1 is 1.07 bits per heavy atom. The second kappa shape index (κ2) is 11.2. The molecule has 4 aliphatic rings. The van der Waals surface area contributed by atoms with E-state index in [0.717, 1.165) is 49.3 Å². The van der Waals surface area contributed by atoms with Gasteiger partial charge in [-0.15, -0.1) is 0 Å². The second-order valence-corrected chi connectivity index (χ2v) is 12.3. The Balaban J connectivity index is 1.22. The molecule has 1 amide bonds. The van der Waals surface area contributed by atoms with Crippen LogP contribution in [-0.4, -0.2) is 72.2 Å². The zero-order valence-electron chi connectivity index (χ0n) is 24.6. The molecule has 7 heteroatoms. The zero-order valence-corrected chi connectivity index (χ0v) is 24.6. The summed E-state index contributed by atoms with van der Waals surface area (Å²) in [6.45, 7) is 5.74. The topological polar surface area (TPSA) is 76.2 Å². The van der Waals surface area contributed by atoms with Gasteiger partial charge in [-0.1, -0.05) is 36.4 Å². The average Bonchev–Trinajstić information content (AvgIpc) is 3.33. The van der Waals surface area contributed by atoms with E-state index < -0.39 is 0 Å². The molecule has 0 unspecified atom stereocenters. The molecule has 0 radical (unpaired) electrons. The number of carbonyl (C=O) groups is 3. The van der Waals surface area contributed by atoms with Crippen molar-refractivity contribution in [1.82, 2.24) is 9.80 Å². The van der Waals surface area contributed by atoms with Gasteiger partial charge in [0.1, 0.15) is 11.9 Å². The third-order valence-corrected chi connectivity index (χ3v) is 10.2. The number of likely N-dealkylation sites (tertiary alicyclic amines) is 1. The Hall–Kier alpha value is -3.19. The fraction of sp³-hybridized carbons (Fsp3) is 0.559. The van der Waals surface area contributed by atoms with Crippen molar-refractivity contribution in [3.8, 4) is 11.5 Å². The monoisotopic (exact) mass is 558 g/mol. The molecule has 7 nitrogen and oxygen atoms in total. The van der Waals surface area contributed by atoms with Gasteiger partial charge in [-0.25, -0.2) is 0 Å². The molecule has 2 aliphatic carbocycles. The number of rotatable bonds is 11. The normalized spacial score (nSPS) is 27.5. The molecule has 2 bridgehead atoms. The minimum atomic E-state index is -0.172. The molecular weight excluding hydrogens is 516 g/mol. The van der Waals surface area contributed by atoms with Gasteiger partial charge in [0.2, 0.25) is 5.91 Å². The standard InChI is InChI=1S/C34H42N2O5/c1-4-36(30(39)13-9-8-12-28(38)23-10-6-5-7-11-23)26-16-15-25-27-20-24-14-17-29(40-3)32-31(24)34(25,33(26)41-32)18-19-35(27)21-22(2)37/h5-7,10-11,14,17,25-27,33H,4,8-9,12-13,15-16,18-21H2,1-3H3/t25-,26+,27+,33-,34-/m0/s1. The molecule has 0 N–H and O–H groups in total. The number of amides is 1. The first-order valence-electron chi connectivity index (χ1n) is 15.4.